The van der Waals surface area contributed by atoms with Crippen LogP contribution in [0.2, 0.25) is 0 Å². The second kappa shape index (κ2) is 5.51. The normalized spacial score (nSPS) is 12.4. The van der Waals surface area contributed by atoms with Gasteiger partial charge >= 0.3 is 0 Å². The van der Waals surface area contributed by atoms with Crippen LogP contribution in [0, 0.1) is 0 Å². The number of carbonyl (C=O) groups excluding carboxylic acids is 1. The molecule has 3 nitrogen and oxygen atoms in total. The van der Waals surface area contributed by atoms with Crippen LogP contribution in [0.25, 0.3) is 0 Å². The summed E-state index contributed by atoms with van der Waals surface area (Å²) in [6.45, 7) is 2.01. The molecule has 0 aliphatic rings. The number of carbonyl (C=O) groups is 1. The number of hydrogen-bond acceptors (Lipinski definition) is 2. The summed E-state index contributed by atoms with van der Waals surface area (Å²) < 4.78 is 0.883. The standard InChI is InChI=1S/C12H13BrN2OS/c1-8(4-9-2-3-17-7-9)15-12(16)11-5-10(13)6-14-11/h2-3,5-8,14H,4H2,1H3,(H,15,16). The Kier molecular flexibility index (Phi) is 4.02. The molecule has 0 spiro atoms. The lowest BCUT2D eigenvalue weighted by Gasteiger charge is -2.12. The molecule has 1 unspecified atom stereocenters. The first-order valence-electron chi connectivity index (χ1n) is 5.31. The molecule has 0 aliphatic heterocycles. The molecule has 0 bridgehead atoms. The summed E-state index contributed by atoms with van der Waals surface area (Å²) in [5.74, 6) is -0.0709. The monoisotopic (exact) mass is 312 g/mol. The molecule has 17 heavy (non-hydrogen) atoms. The van der Waals surface area contributed by atoms with E-state index >= 15 is 0 Å². The third-order valence-corrected chi connectivity index (χ3v) is 3.58. The maximum Gasteiger partial charge on any atom is 0.267 e. The quantitative estimate of drug-likeness (QED) is 0.894. The van der Waals surface area contributed by atoms with Crippen LogP contribution in [0.1, 0.15) is 23.0 Å². The van der Waals surface area contributed by atoms with Crippen molar-refractivity contribution < 1.29 is 4.79 Å². The summed E-state index contributed by atoms with van der Waals surface area (Å²) in [6, 6.07) is 3.98. The molecule has 0 saturated carbocycles. The van der Waals surface area contributed by atoms with Gasteiger partial charge in [-0.15, -0.1) is 0 Å². The van der Waals surface area contributed by atoms with Crippen molar-refractivity contribution in [1.82, 2.24) is 10.3 Å². The zero-order chi connectivity index (χ0) is 12.3. The van der Waals surface area contributed by atoms with E-state index in [2.05, 4.69) is 37.7 Å². The molecule has 1 atom stereocenters. The highest BCUT2D eigenvalue weighted by atomic mass is 79.9. The predicted octanol–water partition coefficient (Wildman–Crippen LogP) is 3.20. The van der Waals surface area contributed by atoms with Crippen LogP contribution in [0.3, 0.4) is 0 Å². The van der Waals surface area contributed by atoms with Gasteiger partial charge in [-0.05, 0) is 57.7 Å². The van der Waals surface area contributed by atoms with Gasteiger partial charge in [0, 0.05) is 16.7 Å². The Morgan fingerprint density at radius 2 is 2.47 bits per heavy atom. The maximum atomic E-state index is 11.8. The van der Waals surface area contributed by atoms with E-state index in [1.807, 2.05) is 12.3 Å². The number of rotatable bonds is 4. The maximum absolute atomic E-state index is 11.8. The van der Waals surface area contributed by atoms with E-state index in [1.54, 1.807) is 23.6 Å². The Bertz CT molecular complexity index is 492. The van der Waals surface area contributed by atoms with E-state index in [0.29, 0.717) is 5.69 Å². The van der Waals surface area contributed by atoms with Gasteiger partial charge in [0.05, 0.1) is 0 Å². The van der Waals surface area contributed by atoms with Crippen molar-refractivity contribution in [3.63, 3.8) is 0 Å². The predicted molar refractivity (Wildman–Crippen MR) is 73.4 cm³/mol. The lowest BCUT2D eigenvalue weighted by atomic mass is 10.1. The number of aromatic amines is 1. The average Bonchev–Trinajstić information content (AvgIpc) is 2.89. The van der Waals surface area contributed by atoms with Crippen molar-refractivity contribution in [2.75, 3.05) is 0 Å². The number of H-pyrrole nitrogens is 1. The highest BCUT2D eigenvalue weighted by Gasteiger charge is 2.11. The average molecular weight is 313 g/mol. The number of nitrogens with one attached hydrogen (secondary N) is 2. The molecule has 2 N–H and O–H groups in total. The fourth-order valence-corrected chi connectivity index (χ4v) is 2.64. The number of halogens is 1. The van der Waals surface area contributed by atoms with Gasteiger partial charge in [-0.3, -0.25) is 4.79 Å². The molecule has 2 aromatic rings. The van der Waals surface area contributed by atoms with E-state index in [1.165, 1.54) is 5.56 Å². The molecule has 2 heterocycles. The van der Waals surface area contributed by atoms with Gasteiger partial charge in [-0.25, -0.2) is 0 Å². The highest BCUT2D eigenvalue weighted by Crippen LogP contribution is 2.11. The minimum absolute atomic E-state index is 0.0709. The van der Waals surface area contributed by atoms with Crippen LogP contribution < -0.4 is 5.32 Å². The van der Waals surface area contributed by atoms with Gasteiger partial charge in [0.25, 0.3) is 5.91 Å². The lowest BCUT2D eigenvalue weighted by Crippen LogP contribution is -2.34. The van der Waals surface area contributed by atoms with Crippen molar-refractivity contribution in [2.45, 2.75) is 19.4 Å². The molecule has 0 radical (unpaired) electrons. The van der Waals surface area contributed by atoms with E-state index in [4.69, 9.17) is 0 Å². The molecule has 0 saturated heterocycles. The molecular formula is C12H13BrN2OS. The summed E-state index contributed by atoms with van der Waals surface area (Å²) in [7, 11) is 0. The summed E-state index contributed by atoms with van der Waals surface area (Å²) in [5, 5.41) is 7.11. The van der Waals surface area contributed by atoms with Gasteiger partial charge in [0.2, 0.25) is 0 Å². The van der Waals surface area contributed by atoms with Crippen LogP contribution in [-0.4, -0.2) is 16.9 Å². The van der Waals surface area contributed by atoms with Crippen molar-refractivity contribution >= 4 is 33.2 Å². The van der Waals surface area contributed by atoms with Crippen molar-refractivity contribution in [1.29, 1.82) is 0 Å². The first-order valence-corrected chi connectivity index (χ1v) is 7.04. The molecule has 1 amide bonds. The van der Waals surface area contributed by atoms with Crippen molar-refractivity contribution in [3.8, 4) is 0 Å². The Hall–Kier alpha value is -1.07. The number of aromatic nitrogens is 1. The third-order valence-electron chi connectivity index (χ3n) is 2.39. The molecule has 2 rings (SSSR count). The van der Waals surface area contributed by atoms with E-state index < -0.39 is 0 Å². The van der Waals surface area contributed by atoms with Crippen LogP contribution in [0.5, 0.6) is 0 Å². The Morgan fingerprint density at radius 3 is 3.06 bits per heavy atom. The van der Waals surface area contributed by atoms with Crippen LogP contribution in [0.4, 0.5) is 0 Å². The molecule has 5 heteroatoms. The molecule has 0 aliphatic carbocycles. The number of thiophene rings is 1. The van der Waals surface area contributed by atoms with Gasteiger partial charge in [-0.1, -0.05) is 0 Å². The van der Waals surface area contributed by atoms with Gasteiger partial charge in [0.1, 0.15) is 5.69 Å². The third kappa shape index (κ3) is 3.44. The van der Waals surface area contributed by atoms with Crippen LogP contribution in [0.15, 0.2) is 33.6 Å². The Balaban J connectivity index is 1.90. The fourth-order valence-electron chi connectivity index (χ4n) is 1.61. The molecule has 2 aromatic heterocycles. The van der Waals surface area contributed by atoms with Gasteiger partial charge in [-0.2, -0.15) is 11.3 Å². The largest absolute Gasteiger partial charge is 0.356 e. The summed E-state index contributed by atoms with van der Waals surface area (Å²) in [5.41, 5.74) is 1.84. The highest BCUT2D eigenvalue weighted by molar-refractivity contribution is 9.10. The summed E-state index contributed by atoms with van der Waals surface area (Å²) in [6.07, 6.45) is 2.61. The fraction of sp³-hybridized carbons (Fsp3) is 0.250. The molecular weight excluding hydrogens is 300 g/mol. The molecule has 0 fully saturated rings. The van der Waals surface area contributed by atoms with E-state index in [9.17, 15) is 4.79 Å². The Labute approximate surface area is 112 Å². The Morgan fingerprint density at radius 1 is 1.65 bits per heavy atom. The van der Waals surface area contributed by atoms with Crippen molar-refractivity contribution in [2.24, 2.45) is 0 Å². The zero-order valence-electron chi connectivity index (χ0n) is 9.37. The number of amides is 1. The summed E-state index contributed by atoms with van der Waals surface area (Å²) in [4.78, 5) is 14.7. The second-order valence-corrected chi connectivity index (χ2v) is 5.64. The first kappa shape index (κ1) is 12.4. The van der Waals surface area contributed by atoms with E-state index in [-0.39, 0.29) is 11.9 Å². The van der Waals surface area contributed by atoms with Gasteiger partial charge < -0.3 is 10.3 Å². The molecule has 90 valence electrons. The first-order chi connectivity index (χ1) is 8.15. The minimum Gasteiger partial charge on any atom is -0.356 e. The van der Waals surface area contributed by atoms with Crippen LogP contribution >= 0.6 is 27.3 Å². The topological polar surface area (TPSA) is 44.9 Å². The smallest absolute Gasteiger partial charge is 0.267 e. The van der Waals surface area contributed by atoms with E-state index in [0.717, 1.165) is 10.9 Å². The van der Waals surface area contributed by atoms with Gasteiger partial charge in [0.15, 0.2) is 0 Å². The molecule has 0 aromatic carbocycles. The summed E-state index contributed by atoms with van der Waals surface area (Å²) >= 11 is 4.98. The van der Waals surface area contributed by atoms with Crippen LogP contribution in [-0.2, 0) is 6.42 Å². The zero-order valence-corrected chi connectivity index (χ0v) is 11.8. The minimum atomic E-state index is -0.0709. The lowest BCUT2D eigenvalue weighted by molar-refractivity contribution is 0.0935. The number of hydrogen-bond donors (Lipinski definition) is 2. The SMILES string of the molecule is CC(Cc1ccsc1)NC(=O)c1cc(Br)c[nH]1. The second-order valence-electron chi connectivity index (χ2n) is 3.94. The van der Waals surface area contributed by atoms with Crippen molar-refractivity contribution in [3.05, 3.63) is 44.8 Å².